The third-order valence-corrected chi connectivity index (χ3v) is 1.70. The monoisotopic (exact) mass is 185 g/mol. The number of hydrogen-bond donors (Lipinski definition) is 0. The number of ether oxygens (including phenoxy) is 1. The van der Waals surface area contributed by atoms with Crippen LogP contribution in [-0.4, -0.2) is 24.0 Å². The van der Waals surface area contributed by atoms with Gasteiger partial charge in [-0.1, -0.05) is 6.92 Å². The van der Waals surface area contributed by atoms with Crippen LogP contribution in [0.5, 0.6) is 0 Å². The number of rotatable bonds is 4. The second-order valence-electron chi connectivity index (χ2n) is 4.40. The summed E-state index contributed by atoms with van der Waals surface area (Å²) in [4.78, 5) is 4.42. The minimum absolute atomic E-state index is 0.0809. The van der Waals surface area contributed by atoms with Gasteiger partial charge in [-0.25, -0.2) is 0 Å². The van der Waals surface area contributed by atoms with Gasteiger partial charge in [0.15, 0.2) is 0 Å². The van der Waals surface area contributed by atoms with E-state index in [0.717, 1.165) is 18.7 Å². The molecule has 0 fully saturated rings. The van der Waals surface area contributed by atoms with Crippen LogP contribution in [0.2, 0.25) is 0 Å². The van der Waals surface area contributed by atoms with Crippen molar-refractivity contribution in [2.45, 2.75) is 59.7 Å². The Morgan fingerprint density at radius 3 is 2.31 bits per heavy atom. The van der Waals surface area contributed by atoms with E-state index >= 15 is 0 Å². The molecule has 0 heterocycles. The highest BCUT2D eigenvalue weighted by Gasteiger charge is 2.16. The van der Waals surface area contributed by atoms with E-state index in [1.54, 1.807) is 0 Å². The molecule has 2 nitrogen and oxygen atoms in total. The van der Waals surface area contributed by atoms with E-state index in [1.165, 1.54) is 0 Å². The summed E-state index contributed by atoms with van der Waals surface area (Å²) in [6.07, 6.45) is 1.23. The maximum Gasteiger partial charge on any atom is 0.0927 e. The van der Waals surface area contributed by atoms with Gasteiger partial charge >= 0.3 is 0 Å². The molecule has 0 aliphatic rings. The first-order valence-corrected chi connectivity index (χ1v) is 5.05. The van der Waals surface area contributed by atoms with E-state index in [2.05, 4.69) is 39.6 Å². The summed E-state index contributed by atoms with van der Waals surface area (Å²) in [7, 11) is 0. The normalized spacial score (nSPS) is 16.0. The number of nitrogens with zero attached hydrogens (tertiary/aromatic N) is 1. The minimum atomic E-state index is -0.0809. The van der Waals surface area contributed by atoms with Gasteiger partial charge in [0, 0.05) is 12.3 Å². The quantitative estimate of drug-likeness (QED) is 0.617. The Hall–Kier alpha value is -0.370. The third kappa shape index (κ3) is 6.76. The van der Waals surface area contributed by atoms with Crippen LogP contribution in [0.25, 0.3) is 0 Å². The molecule has 2 heteroatoms. The molecule has 1 atom stereocenters. The lowest BCUT2D eigenvalue weighted by Gasteiger charge is -2.25. The Kier molecular flexibility index (Phi) is 5.23. The summed E-state index contributed by atoms with van der Waals surface area (Å²) < 4.78 is 5.77. The first-order chi connectivity index (χ1) is 5.87. The fourth-order valence-electron chi connectivity index (χ4n) is 1.03. The van der Waals surface area contributed by atoms with Gasteiger partial charge in [0.2, 0.25) is 0 Å². The Morgan fingerprint density at radius 1 is 1.38 bits per heavy atom. The summed E-state index contributed by atoms with van der Waals surface area (Å²) in [5, 5.41) is 0. The van der Waals surface area contributed by atoms with Crippen molar-refractivity contribution in [2.24, 2.45) is 4.99 Å². The van der Waals surface area contributed by atoms with E-state index in [1.807, 2.05) is 6.92 Å². The Bertz CT molecular complexity index is 167. The summed E-state index contributed by atoms with van der Waals surface area (Å²) in [6.45, 7) is 13.3. The van der Waals surface area contributed by atoms with E-state index in [4.69, 9.17) is 4.74 Å². The van der Waals surface area contributed by atoms with Crippen molar-refractivity contribution in [3.8, 4) is 0 Å². The van der Waals surface area contributed by atoms with Gasteiger partial charge in [0.25, 0.3) is 0 Å². The second-order valence-corrected chi connectivity index (χ2v) is 4.40. The maximum atomic E-state index is 5.77. The predicted molar refractivity (Wildman–Crippen MR) is 58.6 cm³/mol. The second kappa shape index (κ2) is 5.38. The Labute approximate surface area is 82.4 Å². The minimum Gasteiger partial charge on any atom is -0.367 e. The largest absolute Gasteiger partial charge is 0.367 e. The van der Waals surface area contributed by atoms with Crippen LogP contribution in [0.15, 0.2) is 4.99 Å². The smallest absolute Gasteiger partial charge is 0.0927 e. The van der Waals surface area contributed by atoms with Crippen LogP contribution < -0.4 is 0 Å². The summed E-state index contributed by atoms with van der Waals surface area (Å²) in [5.41, 5.74) is 1.01. The van der Waals surface area contributed by atoms with Crippen molar-refractivity contribution in [1.29, 1.82) is 0 Å². The molecule has 13 heavy (non-hydrogen) atoms. The summed E-state index contributed by atoms with van der Waals surface area (Å²) >= 11 is 0. The van der Waals surface area contributed by atoms with Crippen molar-refractivity contribution in [3.05, 3.63) is 0 Å². The first kappa shape index (κ1) is 12.6. The van der Waals surface area contributed by atoms with Gasteiger partial charge in [0.1, 0.15) is 0 Å². The fraction of sp³-hybridized carbons (Fsp3) is 0.909. The highest BCUT2D eigenvalue weighted by Crippen LogP contribution is 2.11. The first-order valence-electron chi connectivity index (χ1n) is 5.05. The van der Waals surface area contributed by atoms with E-state index < -0.39 is 0 Å². The molecule has 0 amide bonds. The molecule has 78 valence electrons. The molecule has 0 saturated carbocycles. The SMILES string of the molecule is CCC/N=C(\C)C(C)OC(C)(C)C. The molecule has 0 saturated heterocycles. The van der Waals surface area contributed by atoms with Crippen molar-refractivity contribution >= 4 is 5.71 Å². The lowest BCUT2D eigenvalue weighted by atomic mass is 10.1. The number of hydrogen-bond acceptors (Lipinski definition) is 2. The van der Waals surface area contributed by atoms with Gasteiger partial charge in [0.05, 0.1) is 11.7 Å². The van der Waals surface area contributed by atoms with Gasteiger partial charge in [-0.3, -0.25) is 4.99 Å². The zero-order valence-corrected chi connectivity index (χ0v) is 9.85. The van der Waals surface area contributed by atoms with Gasteiger partial charge in [-0.05, 0) is 41.0 Å². The molecule has 0 rings (SSSR count). The van der Waals surface area contributed by atoms with Gasteiger partial charge in [-0.2, -0.15) is 0 Å². The van der Waals surface area contributed by atoms with Gasteiger partial charge in [-0.15, -0.1) is 0 Å². The lowest BCUT2D eigenvalue weighted by Crippen LogP contribution is -2.30. The summed E-state index contributed by atoms with van der Waals surface area (Å²) in [6, 6.07) is 0. The zero-order chi connectivity index (χ0) is 10.5. The van der Waals surface area contributed by atoms with Crippen LogP contribution in [0.3, 0.4) is 0 Å². The van der Waals surface area contributed by atoms with E-state index in [-0.39, 0.29) is 11.7 Å². The molecule has 1 unspecified atom stereocenters. The lowest BCUT2D eigenvalue weighted by molar-refractivity contribution is -0.0217. The van der Waals surface area contributed by atoms with Crippen LogP contribution in [-0.2, 0) is 4.74 Å². The average Bonchev–Trinajstić information content (AvgIpc) is 1.96. The fourth-order valence-corrected chi connectivity index (χ4v) is 1.03. The average molecular weight is 185 g/mol. The summed E-state index contributed by atoms with van der Waals surface area (Å²) in [5.74, 6) is 0. The molecular weight excluding hydrogens is 162 g/mol. The number of aliphatic imine (C=N–C) groups is 1. The Morgan fingerprint density at radius 2 is 1.92 bits per heavy atom. The van der Waals surface area contributed by atoms with Crippen molar-refractivity contribution in [2.75, 3.05) is 6.54 Å². The molecule has 0 radical (unpaired) electrons. The maximum absolute atomic E-state index is 5.77. The van der Waals surface area contributed by atoms with Crippen molar-refractivity contribution in [1.82, 2.24) is 0 Å². The molecule has 0 spiro atoms. The predicted octanol–water partition coefficient (Wildman–Crippen LogP) is 3.06. The molecule has 0 aromatic carbocycles. The standard InChI is InChI=1S/C11H23NO/c1-7-8-12-9(2)10(3)13-11(4,5)6/h10H,7-8H2,1-6H3/b12-9+. The van der Waals surface area contributed by atoms with Crippen molar-refractivity contribution in [3.63, 3.8) is 0 Å². The third-order valence-electron chi connectivity index (χ3n) is 1.70. The van der Waals surface area contributed by atoms with Crippen LogP contribution in [0, 0.1) is 0 Å². The topological polar surface area (TPSA) is 21.6 Å². The molecule has 0 aromatic heterocycles. The Balaban J connectivity index is 4.03. The molecular formula is C11H23NO. The van der Waals surface area contributed by atoms with Crippen LogP contribution >= 0.6 is 0 Å². The highest BCUT2D eigenvalue weighted by atomic mass is 16.5. The van der Waals surface area contributed by atoms with Crippen LogP contribution in [0.4, 0.5) is 0 Å². The van der Waals surface area contributed by atoms with Crippen LogP contribution in [0.1, 0.15) is 48.0 Å². The molecule has 0 aliphatic heterocycles. The molecule has 0 aliphatic carbocycles. The highest BCUT2D eigenvalue weighted by molar-refractivity contribution is 5.86. The van der Waals surface area contributed by atoms with Crippen molar-refractivity contribution < 1.29 is 4.74 Å². The van der Waals surface area contributed by atoms with Gasteiger partial charge < -0.3 is 4.74 Å². The molecule has 0 N–H and O–H groups in total. The van der Waals surface area contributed by atoms with E-state index in [9.17, 15) is 0 Å². The zero-order valence-electron chi connectivity index (χ0n) is 9.85. The molecule has 0 bridgehead atoms. The molecule has 0 aromatic rings. The van der Waals surface area contributed by atoms with E-state index in [0.29, 0.717) is 0 Å².